The highest BCUT2D eigenvalue weighted by molar-refractivity contribution is 7.89. The number of sulfonamides is 1. The fourth-order valence-corrected chi connectivity index (χ4v) is 5.92. The Labute approximate surface area is 166 Å². The summed E-state index contributed by atoms with van der Waals surface area (Å²) in [7, 11) is -2.11. The highest BCUT2D eigenvalue weighted by atomic mass is 32.2. The van der Waals surface area contributed by atoms with Crippen LogP contribution in [0.15, 0.2) is 29.2 Å². The first-order valence-electron chi connectivity index (χ1n) is 9.88. The third kappa shape index (κ3) is 3.33. The smallest absolute Gasteiger partial charge is 0.243 e. The van der Waals surface area contributed by atoms with E-state index in [1.165, 1.54) is 5.69 Å². The van der Waals surface area contributed by atoms with Crippen molar-refractivity contribution in [2.75, 3.05) is 20.3 Å². The van der Waals surface area contributed by atoms with Crippen LogP contribution < -0.4 is 4.74 Å². The van der Waals surface area contributed by atoms with E-state index in [-0.39, 0.29) is 10.9 Å². The number of aryl methyl sites for hydroxylation is 1. The van der Waals surface area contributed by atoms with Gasteiger partial charge in [0.1, 0.15) is 5.75 Å². The molecule has 1 atom stereocenters. The fraction of sp³-hybridized carbons (Fsp3) is 0.550. The van der Waals surface area contributed by atoms with Gasteiger partial charge in [-0.05, 0) is 31.9 Å². The van der Waals surface area contributed by atoms with E-state index in [1.54, 1.807) is 35.7 Å². The fourth-order valence-electron chi connectivity index (χ4n) is 4.23. The van der Waals surface area contributed by atoms with Gasteiger partial charge in [-0.25, -0.2) is 8.42 Å². The van der Waals surface area contributed by atoms with Gasteiger partial charge < -0.3 is 9.47 Å². The normalized spacial score (nSPS) is 20.7. The Kier molecular flexibility index (Phi) is 5.44. The number of aromatic nitrogens is 2. The van der Waals surface area contributed by atoms with Crippen LogP contribution in [-0.2, 0) is 34.3 Å². The Bertz CT molecular complexity index is 954. The summed E-state index contributed by atoms with van der Waals surface area (Å²) in [4.78, 5) is 0.263. The molecule has 28 heavy (non-hydrogen) atoms. The lowest BCUT2D eigenvalue weighted by molar-refractivity contribution is 0.107. The molecule has 3 heterocycles. The lowest BCUT2D eigenvalue weighted by Crippen LogP contribution is -2.39. The zero-order valence-electron chi connectivity index (χ0n) is 16.4. The van der Waals surface area contributed by atoms with Gasteiger partial charge in [0.05, 0.1) is 37.0 Å². The number of piperidine rings is 1. The third-order valence-electron chi connectivity index (χ3n) is 5.64. The van der Waals surface area contributed by atoms with Crippen molar-refractivity contribution < 1.29 is 17.9 Å². The Hall–Kier alpha value is -1.90. The number of ether oxygens (including phenoxy) is 2. The Morgan fingerprint density at radius 2 is 2.18 bits per heavy atom. The van der Waals surface area contributed by atoms with Crippen molar-refractivity contribution in [2.45, 2.75) is 56.7 Å². The molecular weight excluding hydrogens is 378 g/mol. The standard InChI is InChI=1S/C20H27N3O4S/c1-3-22-18-10-12-27-14-17(18)20(21-22)19-9-4-5-11-23(19)28(24,25)16-8-6-7-15(13-16)26-2/h6-8,13,19H,3-5,9-12,14H2,1-2H3. The zero-order chi connectivity index (χ0) is 19.7. The van der Waals surface area contributed by atoms with Crippen molar-refractivity contribution in [3.05, 3.63) is 41.2 Å². The molecule has 152 valence electrons. The van der Waals surface area contributed by atoms with Gasteiger partial charge in [0.2, 0.25) is 10.0 Å². The van der Waals surface area contributed by atoms with Crippen molar-refractivity contribution >= 4 is 10.0 Å². The summed E-state index contributed by atoms with van der Waals surface area (Å²) in [6, 6.07) is 6.43. The van der Waals surface area contributed by atoms with E-state index in [0.29, 0.717) is 25.5 Å². The van der Waals surface area contributed by atoms with E-state index in [0.717, 1.165) is 43.5 Å². The second kappa shape index (κ2) is 7.85. The first-order chi connectivity index (χ1) is 13.6. The van der Waals surface area contributed by atoms with Crippen LogP contribution >= 0.6 is 0 Å². The molecule has 0 saturated carbocycles. The van der Waals surface area contributed by atoms with E-state index < -0.39 is 10.0 Å². The van der Waals surface area contributed by atoms with Crippen LogP contribution in [0.3, 0.4) is 0 Å². The molecule has 2 aromatic rings. The largest absolute Gasteiger partial charge is 0.497 e. The predicted molar refractivity (Wildman–Crippen MR) is 105 cm³/mol. The van der Waals surface area contributed by atoms with E-state index in [2.05, 4.69) is 6.92 Å². The first kappa shape index (κ1) is 19.4. The number of nitrogens with zero attached hydrogens (tertiary/aromatic N) is 3. The topological polar surface area (TPSA) is 73.7 Å². The molecule has 0 bridgehead atoms. The molecule has 1 aromatic heterocycles. The van der Waals surface area contributed by atoms with Gasteiger partial charge in [-0.15, -0.1) is 0 Å². The molecule has 0 radical (unpaired) electrons. The Morgan fingerprint density at radius 3 is 2.96 bits per heavy atom. The lowest BCUT2D eigenvalue weighted by Gasteiger charge is -2.34. The Morgan fingerprint density at radius 1 is 1.32 bits per heavy atom. The van der Waals surface area contributed by atoms with Gasteiger partial charge in [-0.1, -0.05) is 12.5 Å². The highest BCUT2D eigenvalue weighted by Gasteiger charge is 2.38. The number of benzene rings is 1. The molecule has 2 aliphatic rings. The van der Waals surface area contributed by atoms with Crippen LogP contribution in [0, 0.1) is 0 Å². The molecular formula is C20H27N3O4S. The van der Waals surface area contributed by atoms with E-state index in [9.17, 15) is 8.42 Å². The van der Waals surface area contributed by atoms with Gasteiger partial charge in [-0.2, -0.15) is 9.40 Å². The maximum absolute atomic E-state index is 13.5. The van der Waals surface area contributed by atoms with Gasteiger partial charge in [0, 0.05) is 36.8 Å². The minimum absolute atomic E-state index is 0.256. The lowest BCUT2D eigenvalue weighted by atomic mass is 9.97. The maximum atomic E-state index is 13.5. The first-order valence-corrected chi connectivity index (χ1v) is 11.3. The summed E-state index contributed by atoms with van der Waals surface area (Å²) in [5.74, 6) is 0.538. The average molecular weight is 406 g/mol. The number of rotatable bonds is 5. The number of fused-ring (bicyclic) bond motifs is 1. The van der Waals surface area contributed by atoms with Crippen molar-refractivity contribution in [1.82, 2.24) is 14.1 Å². The predicted octanol–water partition coefficient (Wildman–Crippen LogP) is 2.90. The van der Waals surface area contributed by atoms with Gasteiger partial charge in [-0.3, -0.25) is 4.68 Å². The number of hydrogen-bond acceptors (Lipinski definition) is 5. The second-order valence-electron chi connectivity index (χ2n) is 7.24. The average Bonchev–Trinajstić information content (AvgIpc) is 3.12. The summed E-state index contributed by atoms with van der Waals surface area (Å²) in [6.45, 7) is 4.54. The van der Waals surface area contributed by atoms with Crippen molar-refractivity contribution in [1.29, 1.82) is 0 Å². The summed E-state index contributed by atoms with van der Waals surface area (Å²) in [6.07, 6.45) is 3.44. The van der Waals surface area contributed by atoms with E-state index in [4.69, 9.17) is 14.6 Å². The van der Waals surface area contributed by atoms with Gasteiger partial charge in [0.15, 0.2) is 0 Å². The Balaban J connectivity index is 1.76. The highest BCUT2D eigenvalue weighted by Crippen LogP contribution is 2.38. The molecule has 2 aliphatic heterocycles. The molecule has 7 nitrogen and oxygen atoms in total. The van der Waals surface area contributed by atoms with Crippen LogP contribution in [0.1, 0.15) is 49.2 Å². The SMILES string of the molecule is CCn1nc(C2CCCCN2S(=O)(=O)c2cccc(OC)c2)c2c1CCOC2. The summed E-state index contributed by atoms with van der Waals surface area (Å²) in [5, 5.41) is 4.83. The molecule has 0 aliphatic carbocycles. The zero-order valence-corrected chi connectivity index (χ0v) is 17.2. The van der Waals surface area contributed by atoms with Crippen LogP contribution in [0.2, 0.25) is 0 Å². The molecule has 8 heteroatoms. The van der Waals surface area contributed by atoms with Crippen molar-refractivity contribution in [3.8, 4) is 5.75 Å². The number of methoxy groups -OCH3 is 1. The van der Waals surface area contributed by atoms with Crippen LogP contribution in [0.4, 0.5) is 0 Å². The van der Waals surface area contributed by atoms with Crippen molar-refractivity contribution in [3.63, 3.8) is 0 Å². The second-order valence-corrected chi connectivity index (χ2v) is 9.13. The number of hydrogen-bond donors (Lipinski definition) is 0. The van der Waals surface area contributed by atoms with Crippen molar-refractivity contribution in [2.24, 2.45) is 0 Å². The van der Waals surface area contributed by atoms with Crippen LogP contribution in [-0.4, -0.2) is 42.8 Å². The molecule has 1 unspecified atom stereocenters. The van der Waals surface area contributed by atoms with Gasteiger partial charge >= 0.3 is 0 Å². The quantitative estimate of drug-likeness (QED) is 0.765. The molecule has 0 spiro atoms. The van der Waals surface area contributed by atoms with E-state index >= 15 is 0 Å². The molecule has 1 fully saturated rings. The van der Waals surface area contributed by atoms with Gasteiger partial charge in [0.25, 0.3) is 0 Å². The molecule has 0 N–H and O–H groups in total. The third-order valence-corrected chi connectivity index (χ3v) is 7.55. The molecule has 0 amide bonds. The summed E-state index contributed by atoms with van der Waals surface area (Å²) < 4.78 is 41.5. The minimum atomic E-state index is -3.65. The maximum Gasteiger partial charge on any atom is 0.243 e. The molecule has 1 saturated heterocycles. The van der Waals surface area contributed by atoms with Crippen LogP contribution in [0.5, 0.6) is 5.75 Å². The monoisotopic (exact) mass is 405 g/mol. The molecule has 4 rings (SSSR count). The van der Waals surface area contributed by atoms with E-state index in [1.807, 2.05) is 4.68 Å². The summed E-state index contributed by atoms with van der Waals surface area (Å²) in [5.41, 5.74) is 3.13. The van der Waals surface area contributed by atoms with Crippen LogP contribution in [0.25, 0.3) is 0 Å². The minimum Gasteiger partial charge on any atom is -0.497 e. The molecule has 1 aromatic carbocycles. The summed E-state index contributed by atoms with van der Waals surface area (Å²) >= 11 is 0.